The highest BCUT2D eigenvalue weighted by Crippen LogP contribution is 2.25. The standard InChI is InChI=1S/C16H18N4S/c1-4-13-10-20(15-8-6-5-7-14(13)15)16(9-17-2)19-11-18-12-21-3/h5-12H,2,4H2,1,3H3/b16-9-,18-12?,19-11?. The van der Waals surface area contributed by atoms with Crippen LogP contribution in [0.1, 0.15) is 12.5 Å². The summed E-state index contributed by atoms with van der Waals surface area (Å²) in [5.41, 5.74) is 4.12. The number of thioether (sulfide) groups is 1. The first-order chi connectivity index (χ1) is 10.3. The molecule has 0 saturated carbocycles. The van der Waals surface area contributed by atoms with Crippen LogP contribution in [0.4, 0.5) is 0 Å². The Balaban J connectivity index is 2.51. The van der Waals surface area contributed by atoms with E-state index in [0.717, 1.165) is 11.9 Å². The summed E-state index contributed by atoms with van der Waals surface area (Å²) in [5, 5.41) is 1.23. The average Bonchev–Trinajstić information content (AvgIpc) is 2.89. The maximum absolute atomic E-state index is 4.37. The van der Waals surface area contributed by atoms with Crippen LogP contribution in [0.3, 0.4) is 0 Å². The molecule has 2 rings (SSSR count). The van der Waals surface area contributed by atoms with E-state index in [1.54, 1.807) is 11.7 Å². The number of hydrogen-bond donors (Lipinski definition) is 0. The van der Waals surface area contributed by atoms with E-state index in [0.29, 0.717) is 5.82 Å². The monoisotopic (exact) mass is 298 g/mol. The second-order valence-electron chi connectivity index (χ2n) is 4.30. The maximum Gasteiger partial charge on any atom is 0.157 e. The highest BCUT2D eigenvalue weighted by atomic mass is 32.2. The van der Waals surface area contributed by atoms with Gasteiger partial charge in [-0.1, -0.05) is 25.1 Å². The Morgan fingerprint density at radius 3 is 2.90 bits per heavy atom. The SMILES string of the molecule is C=N/C=C(/N=CN=CSC)n1cc(CC)c2ccccc21. The molecule has 2 aromatic rings. The van der Waals surface area contributed by atoms with Crippen LogP contribution >= 0.6 is 11.8 Å². The molecule has 0 aliphatic heterocycles. The van der Waals surface area contributed by atoms with Crippen molar-refractivity contribution in [2.24, 2.45) is 15.0 Å². The van der Waals surface area contributed by atoms with E-state index in [2.05, 4.69) is 46.9 Å². The second kappa shape index (κ2) is 7.59. The van der Waals surface area contributed by atoms with Crippen molar-refractivity contribution in [2.45, 2.75) is 13.3 Å². The fourth-order valence-corrected chi connectivity index (χ4v) is 2.32. The van der Waals surface area contributed by atoms with Crippen molar-refractivity contribution < 1.29 is 0 Å². The van der Waals surface area contributed by atoms with Gasteiger partial charge in [-0.25, -0.2) is 9.98 Å². The largest absolute Gasteiger partial charge is 0.300 e. The van der Waals surface area contributed by atoms with Gasteiger partial charge >= 0.3 is 0 Å². The summed E-state index contributed by atoms with van der Waals surface area (Å²) in [5.74, 6) is 0.694. The zero-order chi connectivity index (χ0) is 15.1. The molecule has 1 aromatic heterocycles. The highest BCUT2D eigenvalue weighted by Gasteiger charge is 2.08. The molecule has 0 aliphatic rings. The van der Waals surface area contributed by atoms with Crippen LogP contribution in [0.15, 0.2) is 51.6 Å². The average molecular weight is 298 g/mol. The normalized spacial score (nSPS) is 12.8. The van der Waals surface area contributed by atoms with Gasteiger partial charge in [0.05, 0.1) is 17.3 Å². The molecule has 108 valence electrons. The van der Waals surface area contributed by atoms with Crippen molar-refractivity contribution in [3.05, 3.63) is 42.2 Å². The van der Waals surface area contributed by atoms with E-state index in [9.17, 15) is 0 Å². The first-order valence-electron chi connectivity index (χ1n) is 6.64. The number of hydrogen-bond acceptors (Lipinski definition) is 3. The molecule has 0 spiro atoms. The van der Waals surface area contributed by atoms with Crippen LogP contribution in [-0.2, 0) is 6.42 Å². The lowest BCUT2D eigenvalue weighted by atomic mass is 10.1. The van der Waals surface area contributed by atoms with Gasteiger partial charge in [0.25, 0.3) is 0 Å². The number of nitrogens with zero attached hydrogens (tertiary/aromatic N) is 4. The van der Waals surface area contributed by atoms with E-state index >= 15 is 0 Å². The Hall–Kier alpha value is -2.14. The molecule has 0 aliphatic carbocycles. The van der Waals surface area contributed by atoms with Crippen LogP contribution in [0, 0.1) is 0 Å². The molecule has 0 atom stereocenters. The van der Waals surface area contributed by atoms with Crippen LogP contribution in [0.5, 0.6) is 0 Å². The number of para-hydroxylation sites is 1. The lowest BCUT2D eigenvalue weighted by molar-refractivity contribution is 1.08. The third-order valence-corrected chi connectivity index (χ3v) is 3.38. The van der Waals surface area contributed by atoms with Gasteiger partial charge in [0.15, 0.2) is 5.82 Å². The van der Waals surface area contributed by atoms with Gasteiger partial charge in [-0.15, -0.1) is 11.8 Å². The molecule has 0 radical (unpaired) electrons. The highest BCUT2D eigenvalue weighted by molar-refractivity contribution is 8.11. The van der Waals surface area contributed by atoms with Gasteiger partial charge in [-0.3, -0.25) is 9.56 Å². The van der Waals surface area contributed by atoms with Crippen molar-refractivity contribution >= 4 is 47.1 Å². The number of aromatic nitrogens is 1. The van der Waals surface area contributed by atoms with E-state index in [1.165, 1.54) is 29.1 Å². The minimum atomic E-state index is 0.694. The van der Waals surface area contributed by atoms with Crippen molar-refractivity contribution in [1.82, 2.24) is 4.57 Å². The summed E-state index contributed by atoms with van der Waals surface area (Å²) in [4.78, 5) is 12.3. The molecule has 1 aromatic carbocycles. The molecule has 0 bridgehead atoms. The van der Waals surface area contributed by atoms with Gasteiger partial charge in [0, 0.05) is 11.6 Å². The third kappa shape index (κ3) is 3.49. The zero-order valence-corrected chi connectivity index (χ0v) is 13.0. The number of aryl methyl sites for hydroxylation is 1. The molecular weight excluding hydrogens is 280 g/mol. The Kier molecular flexibility index (Phi) is 5.51. The quantitative estimate of drug-likeness (QED) is 0.585. The fourth-order valence-electron chi connectivity index (χ4n) is 2.14. The minimum absolute atomic E-state index is 0.694. The molecule has 0 amide bonds. The maximum atomic E-state index is 4.37. The Labute approximate surface area is 129 Å². The zero-order valence-electron chi connectivity index (χ0n) is 12.2. The molecule has 4 nitrogen and oxygen atoms in total. The Bertz CT molecular complexity index is 710. The van der Waals surface area contributed by atoms with Crippen LogP contribution in [0.2, 0.25) is 0 Å². The summed E-state index contributed by atoms with van der Waals surface area (Å²) < 4.78 is 2.02. The fraction of sp³-hybridized carbons (Fsp3) is 0.188. The molecule has 0 saturated heterocycles. The van der Waals surface area contributed by atoms with Crippen molar-refractivity contribution in [3.8, 4) is 0 Å². The third-order valence-electron chi connectivity index (χ3n) is 3.05. The topological polar surface area (TPSA) is 42.0 Å². The summed E-state index contributed by atoms with van der Waals surface area (Å²) in [6, 6.07) is 8.27. The lowest BCUT2D eigenvalue weighted by Crippen LogP contribution is -1.93. The molecular formula is C16H18N4S. The van der Waals surface area contributed by atoms with E-state index in [1.807, 2.05) is 23.0 Å². The van der Waals surface area contributed by atoms with E-state index in [-0.39, 0.29) is 0 Å². The Morgan fingerprint density at radius 2 is 2.19 bits per heavy atom. The van der Waals surface area contributed by atoms with Crippen LogP contribution < -0.4 is 0 Å². The van der Waals surface area contributed by atoms with Gasteiger partial charge in [-0.05, 0) is 31.0 Å². The first-order valence-corrected chi connectivity index (χ1v) is 7.93. The van der Waals surface area contributed by atoms with Gasteiger partial charge < -0.3 is 0 Å². The molecule has 1 heterocycles. The van der Waals surface area contributed by atoms with Crippen LogP contribution in [-0.4, -0.2) is 29.4 Å². The van der Waals surface area contributed by atoms with Crippen LogP contribution in [0.25, 0.3) is 16.7 Å². The van der Waals surface area contributed by atoms with Crippen molar-refractivity contribution in [2.75, 3.05) is 6.26 Å². The number of fused-ring (bicyclic) bond motifs is 1. The predicted molar refractivity (Wildman–Crippen MR) is 95.6 cm³/mol. The van der Waals surface area contributed by atoms with E-state index < -0.39 is 0 Å². The smallest absolute Gasteiger partial charge is 0.157 e. The van der Waals surface area contributed by atoms with Gasteiger partial charge in [0.1, 0.15) is 6.34 Å². The first kappa shape index (κ1) is 15.3. The lowest BCUT2D eigenvalue weighted by Gasteiger charge is -2.03. The number of rotatable bonds is 6. The minimum Gasteiger partial charge on any atom is -0.300 e. The molecule has 21 heavy (non-hydrogen) atoms. The van der Waals surface area contributed by atoms with Gasteiger partial charge in [0.2, 0.25) is 0 Å². The Morgan fingerprint density at radius 1 is 1.38 bits per heavy atom. The molecule has 0 N–H and O–H groups in total. The summed E-state index contributed by atoms with van der Waals surface area (Å²) in [7, 11) is 0. The number of aliphatic imine (C=N–C) groups is 3. The molecule has 0 unspecified atom stereocenters. The second-order valence-corrected chi connectivity index (χ2v) is 4.98. The summed E-state index contributed by atoms with van der Waals surface area (Å²) >= 11 is 1.53. The van der Waals surface area contributed by atoms with Gasteiger partial charge in [-0.2, -0.15) is 0 Å². The summed E-state index contributed by atoms with van der Waals surface area (Å²) in [6.07, 6.45) is 8.17. The number of benzene rings is 1. The summed E-state index contributed by atoms with van der Waals surface area (Å²) in [6.45, 7) is 5.67. The predicted octanol–water partition coefficient (Wildman–Crippen LogP) is 4.08. The van der Waals surface area contributed by atoms with E-state index in [4.69, 9.17) is 0 Å². The van der Waals surface area contributed by atoms with Crippen molar-refractivity contribution in [1.29, 1.82) is 0 Å². The molecule has 5 heteroatoms. The van der Waals surface area contributed by atoms with Crippen molar-refractivity contribution in [3.63, 3.8) is 0 Å². The molecule has 0 fully saturated rings.